The lowest BCUT2D eigenvalue weighted by Gasteiger charge is -2.14. The molecule has 1 aliphatic rings. The number of fused-ring (bicyclic) bond motifs is 1. The van der Waals surface area contributed by atoms with Crippen molar-refractivity contribution in [3.8, 4) is 5.75 Å². The van der Waals surface area contributed by atoms with Crippen molar-refractivity contribution in [1.82, 2.24) is 0 Å². The number of halogens is 3. The Morgan fingerprint density at radius 2 is 1.96 bits per heavy atom. The Balaban J connectivity index is 1.69. The summed E-state index contributed by atoms with van der Waals surface area (Å²) in [7, 11) is 1.27. The highest BCUT2D eigenvalue weighted by molar-refractivity contribution is 7.17. The maximum atomic E-state index is 12.5. The third-order valence-electron chi connectivity index (χ3n) is 4.12. The van der Waals surface area contributed by atoms with Gasteiger partial charge in [0.15, 0.2) is 5.75 Å². The Hall–Kier alpha value is -2.75. The van der Waals surface area contributed by atoms with Crippen LogP contribution in [0.3, 0.4) is 0 Å². The number of rotatable bonds is 6. The van der Waals surface area contributed by atoms with Gasteiger partial charge in [-0.05, 0) is 37.0 Å². The summed E-state index contributed by atoms with van der Waals surface area (Å²) >= 11 is 1.32. The van der Waals surface area contributed by atoms with Crippen molar-refractivity contribution < 1.29 is 32.2 Å². The molecular formula is C18H17F3N2O4S. The molecule has 150 valence electrons. The average Bonchev–Trinajstić information content (AvgIpc) is 3.19. The van der Waals surface area contributed by atoms with Crippen LogP contribution >= 0.6 is 11.3 Å². The lowest BCUT2D eigenvalue weighted by molar-refractivity contribution is -0.274. The summed E-state index contributed by atoms with van der Waals surface area (Å²) in [5.41, 5.74) is 1.27. The lowest BCUT2D eigenvalue weighted by Crippen LogP contribution is -2.23. The number of para-hydroxylation sites is 2. The quantitative estimate of drug-likeness (QED) is 0.700. The number of hydrogen-bond donors (Lipinski definition) is 2. The molecule has 0 atom stereocenters. The van der Waals surface area contributed by atoms with E-state index in [0.29, 0.717) is 10.6 Å². The second-order valence-electron chi connectivity index (χ2n) is 6.00. The second kappa shape index (κ2) is 8.09. The zero-order valence-electron chi connectivity index (χ0n) is 14.8. The second-order valence-corrected chi connectivity index (χ2v) is 7.10. The average molecular weight is 414 g/mol. The van der Waals surface area contributed by atoms with Crippen LogP contribution in [-0.2, 0) is 22.4 Å². The molecule has 0 aliphatic heterocycles. The Kier molecular flexibility index (Phi) is 5.78. The molecule has 0 saturated heterocycles. The van der Waals surface area contributed by atoms with E-state index in [1.54, 1.807) is 0 Å². The number of amides is 1. The SMILES string of the molecule is COC(=O)c1c(NC(=O)CNc2ccccc2OC(F)(F)F)sc2c1CCC2. The molecule has 0 saturated carbocycles. The van der Waals surface area contributed by atoms with E-state index in [2.05, 4.69) is 15.4 Å². The van der Waals surface area contributed by atoms with Crippen molar-refractivity contribution in [2.24, 2.45) is 0 Å². The molecular weight excluding hydrogens is 397 g/mol. The van der Waals surface area contributed by atoms with E-state index in [1.165, 1.54) is 36.6 Å². The number of alkyl halides is 3. The van der Waals surface area contributed by atoms with Crippen LogP contribution in [0.4, 0.5) is 23.9 Å². The Bertz CT molecular complexity index is 895. The van der Waals surface area contributed by atoms with Crippen LogP contribution in [0.2, 0.25) is 0 Å². The molecule has 0 unspecified atom stereocenters. The van der Waals surface area contributed by atoms with Crippen LogP contribution in [0.15, 0.2) is 24.3 Å². The molecule has 2 aromatic rings. The van der Waals surface area contributed by atoms with Gasteiger partial charge in [-0.1, -0.05) is 12.1 Å². The Morgan fingerprint density at radius 1 is 1.21 bits per heavy atom. The largest absolute Gasteiger partial charge is 0.573 e. The van der Waals surface area contributed by atoms with Gasteiger partial charge in [0.1, 0.15) is 5.00 Å². The summed E-state index contributed by atoms with van der Waals surface area (Å²) < 4.78 is 46.2. The summed E-state index contributed by atoms with van der Waals surface area (Å²) in [5, 5.41) is 5.66. The fourth-order valence-corrected chi connectivity index (χ4v) is 4.28. The summed E-state index contributed by atoms with van der Waals surface area (Å²) in [6, 6.07) is 5.42. The van der Waals surface area contributed by atoms with Crippen molar-refractivity contribution in [3.63, 3.8) is 0 Å². The molecule has 1 heterocycles. The molecule has 28 heavy (non-hydrogen) atoms. The maximum absolute atomic E-state index is 12.5. The van der Waals surface area contributed by atoms with Crippen molar-refractivity contribution in [3.05, 3.63) is 40.3 Å². The molecule has 3 rings (SSSR count). The van der Waals surface area contributed by atoms with Crippen molar-refractivity contribution >= 4 is 33.9 Å². The van der Waals surface area contributed by atoms with E-state index in [4.69, 9.17) is 4.74 Å². The van der Waals surface area contributed by atoms with Crippen LogP contribution in [0.5, 0.6) is 5.75 Å². The standard InChI is InChI=1S/C18H17F3N2O4S/c1-26-17(25)15-10-5-4-8-13(10)28-16(15)23-14(24)9-22-11-6-2-3-7-12(11)27-18(19,20)21/h2-3,6-7,22H,4-5,8-9H2,1H3,(H,23,24). The zero-order chi connectivity index (χ0) is 20.3. The number of ether oxygens (including phenoxy) is 2. The van der Waals surface area contributed by atoms with Gasteiger partial charge in [0.2, 0.25) is 5.91 Å². The first-order valence-electron chi connectivity index (χ1n) is 8.40. The van der Waals surface area contributed by atoms with Crippen LogP contribution in [0.25, 0.3) is 0 Å². The molecule has 1 aliphatic carbocycles. The van der Waals surface area contributed by atoms with Gasteiger partial charge in [-0.2, -0.15) is 0 Å². The van der Waals surface area contributed by atoms with Crippen molar-refractivity contribution in [2.75, 3.05) is 24.3 Å². The molecule has 10 heteroatoms. The van der Waals surface area contributed by atoms with Gasteiger partial charge < -0.3 is 20.1 Å². The summed E-state index contributed by atoms with van der Waals surface area (Å²) in [4.78, 5) is 25.4. The number of thiophene rings is 1. The highest BCUT2D eigenvalue weighted by Gasteiger charge is 2.32. The topological polar surface area (TPSA) is 76.7 Å². The predicted octanol–water partition coefficient (Wildman–Crippen LogP) is 3.97. The molecule has 6 nitrogen and oxygen atoms in total. The molecule has 0 bridgehead atoms. The van der Waals surface area contributed by atoms with Gasteiger partial charge in [-0.25, -0.2) is 4.79 Å². The number of nitrogens with one attached hydrogen (secondary N) is 2. The van der Waals surface area contributed by atoms with Crippen LogP contribution in [-0.4, -0.2) is 31.9 Å². The number of benzene rings is 1. The number of esters is 1. The molecule has 0 radical (unpaired) electrons. The van der Waals surface area contributed by atoms with Gasteiger partial charge in [0, 0.05) is 4.88 Å². The molecule has 0 fully saturated rings. The van der Waals surface area contributed by atoms with E-state index in [0.717, 1.165) is 35.8 Å². The first-order valence-corrected chi connectivity index (χ1v) is 9.21. The smallest absolute Gasteiger partial charge is 0.465 e. The maximum Gasteiger partial charge on any atom is 0.573 e. The van der Waals surface area contributed by atoms with Gasteiger partial charge in [0.25, 0.3) is 0 Å². The third-order valence-corrected chi connectivity index (χ3v) is 5.32. The number of carbonyl (C=O) groups is 2. The van der Waals surface area contributed by atoms with Gasteiger partial charge in [-0.15, -0.1) is 24.5 Å². The predicted molar refractivity (Wildman–Crippen MR) is 97.9 cm³/mol. The van der Waals surface area contributed by atoms with Crippen molar-refractivity contribution in [1.29, 1.82) is 0 Å². The normalized spacial score (nSPS) is 13.0. The number of methoxy groups -OCH3 is 1. The Labute approximate surface area is 162 Å². The highest BCUT2D eigenvalue weighted by Crippen LogP contribution is 2.39. The lowest BCUT2D eigenvalue weighted by atomic mass is 10.1. The van der Waals surface area contributed by atoms with E-state index >= 15 is 0 Å². The summed E-state index contributed by atoms with van der Waals surface area (Å²) in [6.07, 6.45) is -2.32. The first-order chi connectivity index (χ1) is 13.3. The zero-order valence-corrected chi connectivity index (χ0v) is 15.6. The molecule has 1 aromatic carbocycles. The summed E-state index contributed by atoms with van der Waals surface area (Å²) in [6.45, 7) is -0.304. The van der Waals surface area contributed by atoms with E-state index < -0.39 is 24.0 Å². The molecule has 1 amide bonds. The van der Waals surface area contributed by atoms with Crippen molar-refractivity contribution in [2.45, 2.75) is 25.6 Å². The highest BCUT2D eigenvalue weighted by atomic mass is 32.1. The van der Waals surface area contributed by atoms with E-state index in [9.17, 15) is 22.8 Å². The van der Waals surface area contributed by atoms with E-state index in [-0.39, 0.29) is 12.2 Å². The van der Waals surface area contributed by atoms with Crippen LogP contribution < -0.4 is 15.4 Å². The number of anilines is 2. The van der Waals surface area contributed by atoms with Crippen LogP contribution in [0.1, 0.15) is 27.2 Å². The monoisotopic (exact) mass is 414 g/mol. The minimum absolute atomic E-state index is 0.0249. The number of hydrogen-bond acceptors (Lipinski definition) is 6. The minimum Gasteiger partial charge on any atom is -0.465 e. The van der Waals surface area contributed by atoms with Gasteiger partial charge >= 0.3 is 12.3 Å². The minimum atomic E-state index is -4.84. The van der Waals surface area contributed by atoms with Crippen LogP contribution in [0, 0.1) is 0 Å². The van der Waals surface area contributed by atoms with Gasteiger partial charge in [-0.3, -0.25) is 4.79 Å². The molecule has 1 aromatic heterocycles. The van der Waals surface area contributed by atoms with Gasteiger partial charge in [0.05, 0.1) is 24.9 Å². The summed E-state index contributed by atoms with van der Waals surface area (Å²) in [5.74, 6) is -1.47. The number of carbonyl (C=O) groups excluding carboxylic acids is 2. The first kappa shape index (κ1) is 20.0. The number of aryl methyl sites for hydroxylation is 1. The third kappa shape index (κ3) is 4.56. The van der Waals surface area contributed by atoms with E-state index in [1.807, 2.05) is 0 Å². The molecule has 2 N–H and O–H groups in total. The Morgan fingerprint density at radius 3 is 2.68 bits per heavy atom. The fraction of sp³-hybridized carbons (Fsp3) is 0.333. The fourth-order valence-electron chi connectivity index (χ4n) is 2.98. The molecule has 0 spiro atoms.